The highest BCUT2D eigenvalue weighted by atomic mass is 35.5. The molecule has 1 aromatic carbocycles. The molecule has 1 aromatic heterocycles. The Bertz CT molecular complexity index is 760. The number of pyridine rings is 1. The van der Waals surface area contributed by atoms with Crippen LogP contribution in [-0.2, 0) is 10.0 Å². The Hall–Kier alpha value is -1.79. The standard InChI is InChI=1S/C13H14ClN3O2S/c1-8-6-7-10(15)9(2)13(8)20(18,19)17-12-5-3-4-11(14)16-12/h3-7H,15H2,1-2H3,(H,16,17). The van der Waals surface area contributed by atoms with E-state index < -0.39 is 10.0 Å². The number of anilines is 2. The molecule has 0 aliphatic rings. The molecule has 106 valence electrons. The SMILES string of the molecule is Cc1ccc(N)c(C)c1S(=O)(=O)Nc1cccc(Cl)n1. The van der Waals surface area contributed by atoms with Crippen molar-refractivity contribution in [2.75, 3.05) is 10.5 Å². The molecule has 3 N–H and O–H groups in total. The first-order chi connectivity index (χ1) is 9.31. The summed E-state index contributed by atoms with van der Waals surface area (Å²) >= 11 is 5.74. The van der Waals surface area contributed by atoms with E-state index in [-0.39, 0.29) is 15.9 Å². The average molecular weight is 312 g/mol. The largest absolute Gasteiger partial charge is 0.398 e. The maximum absolute atomic E-state index is 12.5. The number of nitrogens with two attached hydrogens (primary N) is 1. The molecule has 0 aliphatic carbocycles. The molecular formula is C13H14ClN3O2S. The Balaban J connectivity index is 2.49. The van der Waals surface area contributed by atoms with Gasteiger partial charge in [-0.05, 0) is 43.2 Å². The van der Waals surface area contributed by atoms with Crippen molar-refractivity contribution in [1.29, 1.82) is 0 Å². The Kier molecular flexibility index (Phi) is 3.87. The number of hydrogen-bond donors (Lipinski definition) is 2. The van der Waals surface area contributed by atoms with Crippen LogP contribution in [0.5, 0.6) is 0 Å². The van der Waals surface area contributed by atoms with Crippen LogP contribution in [0.25, 0.3) is 0 Å². The predicted octanol–water partition coefficient (Wildman–Crippen LogP) is 2.73. The highest BCUT2D eigenvalue weighted by Gasteiger charge is 2.21. The van der Waals surface area contributed by atoms with E-state index in [1.54, 1.807) is 38.1 Å². The number of aromatic nitrogens is 1. The summed E-state index contributed by atoms with van der Waals surface area (Å²) in [5.41, 5.74) is 7.33. The van der Waals surface area contributed by atoms with Gasteiger partial charge in [0.1, 0.15) is 11.0 Å². The van der Waals surface area contributed by atoms with Crippen molar-refractivity contribution >= 4 is 33.1 Å². The summed E-state index contributed by atoms with van der Waals surface area (Å²) in [4.78, 5) is 4.08. The van der Waals surface area contributed by atoms with Gasteiger partial charge in [0.05, 0.1) is 4.90 Å². The quantitative estimate of drug-likeness (QED) is 0.674. The molecule has 7 heteroatoms. The van der Waals surface area contributed by atoms with Crippen molar-refractivity contribution in [3.63, 3.8) is 0 Å². The Morgan fingerprint density at radius 2 is 1.90 bits per heavy atom. The van der Waals surface area contributed by atoms with Gasteiger partial charge in [-0.25, -0.2) is 13.4 Å². The van der Waals surface area contributed by atoms with E-state index in [4.69, 9.17) is 17.3 Å². The van der Waals surface area contributed by atoms with E-state index in [0.29, 0.717) is 16.8 Å². The lowest BCUT2D eigenvalue weighted by Gasteiger charge is -2.14. The zero-order valence-electron chi connectivity index (χ0n) is 11.0. The first kappa shape index (κ1) is 14.6. The van der Waals surface area contributed by atoms with Gasteiger partial charge in [0.2, 0.25) is 0 Å². The Morgan fingerprint density at radius 1 is 1.20 bits per heavy atom. The van der Waals surface area contributed by atoms with Crippen LogP contribution in [-0.4, -0.2) is 13.4 Å². The maximum Gasteiger partial charge on any atom is 0.263 e. The second-order valence-corrected chi connectivity index (χ2v) is 6.38. The molecule has 0 aliphatic heterocycles. The molecule has 0 spiro atoms. The van der Waals surface area contributed by atoms with Gasteiger partial charge in [-0.15, -0.1) is 0 Å². The summed E-state index contributed by atoms with van der Waals surface area (Å²) in [5.74, 6) is 0.165. The van der Waals surface area contributed by atoms with Crippen LogP contribution in [0.4, 0.5) is 11.5 Å². The van der Waals surface area contributed by atoms with Crippen molar-refractivity contribution in [2.24, 2.45) is 0 Å². The summed E-state index contributed by atoms with van der Waals surface area (Å²) < 4.78 is 27.3. The molecule has 0 radical (unpaired) electrons. The van der Waals surface area contributed by atoms with E-state index in [1.165, 1.54) is 6.07 Å². The monoisotopic (exact) mass is 311 g/mol. The fourth-order valence-corrected chi connectivity index (χ4v) is 3.58. The first-order valence-electron chi connectivity index (χ1n) is 5.82. The van der Waals surface area contributed by atoms with E-state index in [0.717, 1.165) is 0 Å². The fourth-order valence-electron chi connectivity index (χ4n) is 1.91. The van der Waals surface area contributed by atoms with Gasteiger partial charge in [0.15, 0.2) is 0 Å². The summed E-state index contributed by atoms with van der Waals surface area (Å²) in [6, 6.07) is 8.06. The highest BCUT2D eigenvalue weighted by Crippen LogP contribution is 2.26. The van der Waals surface area contributed by atoms with E-state index in [1.807, 2.05) is 0 Å². The molecule has 2 rings (SSSR count). The van der Waals surface area contributed by atoms with Crippen molar-refractivity contribution in [3.8, 4) is 0 Å². The van der Waals surface area contributed by atoms with Gasteiger partial charge in [0, 0.05) is 5.69 Å². The Labute approximate surface area is 122 Å². The zero-order chi connectivity index (χ0) is 14.9. The van der Waals surface area contributed by atoms with Gasteiger partial charge in [-0.1, -0.05) is 23.7 Å². The van der Waals surface area contributed by atoms with Crippen LogP contribution < -0.4 is 10.5 Å². The molecule has 5 nitrogen and oxygen atoms in total. The number of rotatable bonds is 3. The number of nitrogens with zero attached hydrogens (tertiary/aromatic N) is 1. The van der Waals surface area contributed by atoms with Crippen LogP contribution in [0.15, 0.2) is 35.2 Å². The zero-order valence-corrected chi connectivity index (χ0v) is 12.6. The topological polar surface area (TPSA) is 85.1 Å². The molecule has 0 amide bonds. The van der Waals surface area contributed by atoms with Gasteiger partial charge in [0.25, 0.3) is 10.0 Å². The van der Waals surface area contributed by atoms with E-state index in [2.05, 4.69) is 9.71 Å². The summed E-state index contributed by atoms with van der Waals surface area (Å²) in [7, 11) is -3.77. The minimum Gasteiger partial charge on any atom is -0.398 e. The highest BCUT2D eigenvalue weighted by molar-refractivity contribution is 7.92. The number of halogens is 1. The fraction of sp³-hybridized carbons (Fsp3) is 0.154. The molecule has 0 unspecified atom stereocenters. The molecule has 2 aromatic rings. The Morgan fingerprint density at radius 3 is 2.55 bits per heavy atom. The number of hydrogen-bond acceptors (Lipinski definition) is 4. The van der Waals surface area contributed by atoms with Gasteiger partial charge in [-0.2, -0.15) is 0 Å². The molecule has 0 saturated heterocycles. The molecule has 0 atom stereocenters. The van der Waals surface area contributed by atoms with Gasteiger partial charge >= 0.3 is 0 Å². The summed E-state index contributed by atoms with van der Waals surface area (Å²) in [5, 5.41) is 0.214. The third kappa shape index (κ3) is 2.86. The van der Waals surface area contributed by atoms with Crippen molar-refractivity contribution < 1.29 is 8.42 Å². The maximum atomic E-state index is 12.5. The third-order valence-electron chi connectivity index (χ3n) is 2.87. The summed E-state index contributed by atoms with van der Waals surface area (Å²) in [6.45, 7) is 3.38. The normalized spacial score (nSPS) is 11.3. The van der Waals surface area contributed by atoms with Crippen molar-refractivity contribution in [3.05, 3.63) is 46.6 Å². The van der Waals surface area contributed by atoms with Crippen LogP contribution in [0, 0.1) is 13.8 Å². The van der Waals surface area contributed by atoms with Crippen LogP contribution in [0.1, 0.15) is 11.1 Å². The van der Waals surface area contributed by atoms with Crippen LogP contribution in [0.2, 0.25) is 5.15 Å². The molecule has 1 heterocycles. The van der Waals surface area contributed by atoms with Gasteiger partial charge < -0.3 is 5.73 Å². The van der Waals surface area contributed by atoms with Gasteiger partial charge in [-0.3, -0.25) is 4.72 Å². The number of sulfonamides is 1. The third-order valence-corrected chi connectivity index (χ3v) is 4.72. The second-order valence-electron chi connectivity index (χ2n) is 4.38. The molecule has 0 saturated carbocycles. The lowest BCUT2D eigenvalue weighted by Crippen LogP contribution is -2.17. The van der Waals surface area contributed by atoms with Crippen LogP contribution in [0.3, 0.4) is 0 Å². The lowest BCUT2D eigenvalue weighted by molar-refractivity contribution is 0.600. The molecule has 20 heavy (non-hydrogen) atoms. The van der Waals surface area contributed by atoms with Crippen molar-refractivity contribution in [1.82, 2.24) is 4.98 Å². The average Bonchev–Trinajstić information content (AvgIpc) is 2.33. The minimum absolute atomic E-state index is 0.165. The molecule has 0 fully saturated rings. The van der Waals surface area contributed by atoms with E-state index in [9.17, 15) is 8.42 Å². The summed E-state index contributed by atoms with van der Waals surface area (Å²) in [6.07, 6.45) is 0. The molecule has 0 bridgehead atoms. The number of aryl methyl sites for hydroxylation is 1. The second kappa shape index (κ2) is 5.30. The first-order valence-corrected chi connectivity index (χ1v) is 7.68. The lowest BCUT2D eigenvalue weighted by atomic mass is 10.1. The smallest absolute Gasteiger partial charge is 0.263 e. The van der Waals surface area contributed by atoms with Crippen LogP contribution >= 0.6 is 11.6 Å². The minimum atomic E-state index is -3.77. The number of nitrogens with one attached hydrogen (secondary N) is 1. The predicted molar refractivity (Wildman–Crippen MR) is 80.4 cm³/mol. The number of nitrogen functional groups attached to an aromatic ring is 1. The molecular weight excluding hydrogens is 298 g/mol. The van der Waals surface area contributed by atoms with E-state index >= 15 is 0 Å². The van der Waals surface area contributed by atoms with Crippen molar-refractivity contribution in [2.45, 2.75) is 18.7 Å². The number of benzene rings is 1.